The topological polar surface area (TPSA) is 37.4 Å². The first-order valence-corrected chi connectivity index (χ1v) is 7.55. The number of nitrogens with zero attached hydrogens (tertiary/aromatic N) is 1. The molecule has 0 unspecified atom stereocenters. The van der Waals surface area contributed by atoms with Gasteiger partial charge in [-0.15, -0.1) is 0 Å². The lowest BCUT2D eigenvalue weighted by atomic mass is 10.1. The molecule has 2 aromatic carbocycles. The number of ketones is 1. The van der Waals surface area contributed by atoms with Crippen molar-refractivity contribution in [2.75, 3.05) is 4.90 Å². The molecule has 0 saturated heterocycles. The summed E-state index contributed by atoms with van der Waals surface area (Å²) in [5.74, 6) is -0.931. The van der Waals surface area contributed by atoms with Crippen LogP contribution < -0.4 is 4.90 Å². The zero-order chi connectivity index (χ0) is 14.3. The van der Waals surface area contributed by atoms with E-state index in [2.05, 4.69) is 31.9 Å². The van der Waals surface area contributed by atoms with Gasteiger partial charge in [0.15, 0.2) is 0 Å². The first kappa shape index (κ1) is 13.5. The number of anilines is 1. The zero-order valence-corrected chi connectivity index (χ0v) is 13.4. The van der Waals surface area contributed by atoms with Crippen molar-refractivity contribution in [1.82, 2.24) is 0 Å². The van der Waals surface area contributed by atoms with Gasteiger partial charge in [-0.3, -0.25) is 9.59 Å². The Balaban J connectivity index is 1.99. The van der Waals surface area contributed by atoms with Crippen LogP contribution in [0.15, 0.2) is 51.4 Å². The van der Waals surface area contributed by atoms with E-state index in [0.29, 0.717) is 22.3 Å². The largest absolute Gasteiger partial charge is 0.300 e. The average Bonchev–Trinajstić information content (AvgIpc) is 2.67. The molecule has 2 aromatic rings. The average molecular weight is 395 g/mol. The molecular weight excluding hydrogens is 386 g/mol. The smallest absolute Gasteiger partial charge is 0.299 e. The maximum absolute atomic E-state index is 12.1. The Morgan fingerprint density at radius 2 is 1.65 bits per heavy atom. The quantitative estimate of drug-likeness (QED) is 0.723. The molecular formula is C15H9Br2NO2. The zero-order valence-electron chi connectivity index (χ0n) is 10.3. The molecule has 1 amide bonds. The summed E-state index contributed by atoms with van der Waals surface area (Å²) >= 11 is 6.71. The molecule has 0 N–H and O–H groups in total. The number of amides is 1. The van der Waals surface area contributed by atoms with Crippen LogP contribution in [0.4, 0.5) is 5.69 Å². The van der Waals surface area contributed by atoms with E-state index in [1.807, 2.05) is 30.3 Å². The van der Waals surface area contributed by atoms with Gasteiger partial charge >= 0.3 is 0 Å². The summed E-state index contributed by atoms with van der Waals surface area (Å²) in [6.07, 6.45) is 0. The van der Waals surface area contributed by atoms with Crippen molar-refractivity contribution in [2.45, 2.75) is 6.54 Å². The summed E-state index contributed by atoms with van der Waals surface area (Å²) in [4.78, 5) is 25.7. The monoisotopic (exact) mass is 393 g/mol. The summed E-state index contributed by atoms with van der Waals surface area (Å²) in [7, 11) is 0. The highest BCUT2D eigenvalue weighted by Gasteiger charge is 2.37. The molecule has 100 valence electrons. The van der Waals surface area contributed by atoms with Crippen molar-refractivity contribution in [3.05, 3.63) is 62.5 Å². The van der Waals surface area contributed by atoms with Gasteiger partial charge in [0.2, 0.25) is 0 Å². The highest BCUT2D eigenvalue weighted by atomic mass is 79.9. The fraction of sp³-hybridized carbons (Fsp3) is 0.0667. The number of carbonyl (C=O) groups is 2. The van der Waals surface area contributed by atoms with Crippen LogP contribution >= 0.6 is 31.9 Å². The Hall–Kier alpha value is -1.46. The maximum Gasteiger partial charge on any atom is 0.299 e. The minimum Gasteiger partial charge on any atom is -0.300 e. The summed E-state index contributed by atoms with van der Waals surface area (Å²) in [6, 6.07) is 13.1. The molecule has 1 heterocycles. The molecule has 0 spiro atoms. The minimum absolute atomic E-state index is 0.390. The van der Waals surface area contributed by atoms with Gasteiger partial charge in [0.1, 0.15) is 0 Å². The van der Waals surface area contributed by atoms with Crippen molar-refractivity contribution in [2.24, 2.45) is 0 Å². The van der Waals surface area contributed by atoms with Crippen molar-refractivity contribution in [3.8, 4) is 0 Å². The molecule has 3 nitrogen and oxygen atoms in total. The van der Waals surface area contributed by atoms with E-state index >= 15 is 0 Å². The summed E-state index contributed by atoms with van der Waals surface area (Å²) in [6.45, 7) is 0.390. The van der Waals surface area contributed by atoms with Crippen LogP contribution in [-0.4, -0.2) is 11.7 Å². The van der Waals surface area contributed by atoms with E-state index in [-0.39, 0.29) is 0 Å². The maximum atomic E-state index is 12.1. The number of hydrogen-bond acceptors (Lipinski definition) is 2. The molecule has 1 aliphatic rings. The normalized spacial score (nSPS) is 13.8. The van der Waals surface area contributed by atoms with Gasteiger partial charge in [-0.25, -0.2) is 0 Å². The number of Topliss-reactive ketones (excluding diaryl/α,β-unsaturated/α-hetero) is 1. The SMILES string of the molecule is O=C1C(=O)N(Cc2ccc(Br)cc2)c2cccc(Br)c21. The second kappa shape index (κ2) is 5.14. The molecule has 0 fully saturated rings. The van der Waals surface area contributed by atoms with E-state index in [1.165, 1.54) is 4.90 Å². The van der Waals surface area contributed by atoms with Crippen LogP contribution in [0.25, 0.3) is 0 Å². The van der Waals surface area contributed by atoms with Gasteiger partial charge in [-0.05, 0) is 45.8 Å². The van der Waals surface area contributed by atoms with Crippen LogP contribution in [0.1, 0.15) is 15.9 Å². The molecule has 3 rings (SSSR count). The molecule has 0 bridgehead atoms. The second-order valence-corrected chi connectivity index (χ2v) is 6.25. The highest BCUT2D eigenvalue weighted by molar-refractivity contribution is 9.10. The fourth-order valence-corrected chi connectivity index (χ4v) is 3.03. The Labute approximate surface area is 132 Å². The summed E-state index contributed by atoms with van der Waals surface area (Å²) < 4.78 is 1.64. The Morgan fingerprint density at radius 1 is 0.950 bits per heavy atom. The van der Waals surface area contributed by atoms with E-state index in [0.717, 1.165) is 10.0 Å². The van der Waals surface area contributed by atoms with Gasteiger partial charge in [0.05, 0.1) is 17.8 Å². The van der Waals surface area contributed by atoms with Gasteiger partial charge in [0, 0.05) is 8.95 Å². The fourth-order valence-electron chi connectivity index (χ4n) is 2.23. The first-order valence-electron chi connectivity index (χ1n) is 5.97. The van der Waals surface area contributed by atoms with Crippen molar-refractivity contribution >= 4 is 49.2 Å². The Kier molecular flexibility index (Phi) is 3.48. The summed E-state index contributed by atoms with van der Waals surface area (Å²) in [5, 5.41) is 0. The van der Waals surface area contributed by atoms with Crippen LogP contribution in [0, 0.1) is 0 Å². The van der Waals surface area contributed by atoms with Crippen molar-refractivity contribution < 1.29 is 9.59 Å². The molecule has 20 heavy (non-hydrogen) atoms. The number of halogens is 2. The number of carbonyl (C=O) groups excluding carboxylic acids is 2. The van der Waals surface area contributed by atoms with Gasteiger partial charge in [-0.2, -0.15) is 0 Å². The Bertz CT molecular complexity index is 710. The minimum atomic E-state index is -0.477. The lowest BCUT2D eigenvalue weighted by Gasteiger charge is -2.16. The number of benzene rings is 2. The van der Waals surface area contributed by atoms with Crippen LogP contribution in [0.5, 0.6) is 0 Å². The van der Waals surface area contributed by atoms with Crippen LogP contribution in [0.2, 0.25) is 0 Å². The van der Waals surface area contributed by atoms with E-state index in [9.17, 15) is 9.59 Å². The van der Waals surface area contributed by atoms with E-state index in [1.54, 1.807) is 12.1 Å². The van der Waals surface area contributed by atoms with Crippen LogP contribution in [-0.2, 0) is 11.3 Å². The predicted octanol–water partition coefficient (Wildman–Crippen LogP) is 3.94. The number of fused-ring (bicyclic) bond motifs is 1. The molecule has 0 radical (unpaired) electrons. The highest BCUT2D eigenvalue weighted by Crippen LogP contribution is 2.35. The van der Waals surface area contributed by atoms with Crippen LogP contribution in [0.3, 0.4) is 0 Å². The predicted molar refractivity (Wildman–Crippen MR) is 83.8 cm³/mol. The van der Waals surface area contributed by atoms with E-state index in [4.69, 9.17) is 0 Å². The van der Waals surface area contributed by atoms with Gasteiger partial charge in [0.25, 0.3) is 11.7 Å². The van der Waals surface area contributed by atoms with Crippen molar-refractivity contribution in [3.63, 3.8) is 0 Å². The molecule has 0 saturated carbocycles. The molecule has 0 atom stereocenters. The third kappa shape index (κ3) is 2.21. The molecule has 1 aliphatic heterocycles. The van der Waals surface area contributed by atoms with Gasteiger partial charge < -0.3 is 4.90 Å². The lowest BCUT2D eigenvalue weighted by molar-refractivity contribution is -0.114. The Morgan fingerprint density at radius 3 is 2.35 bits per heavy atom. The number of hydrogen-bond donors (Lipinski definition) is 0. The molecule has 0 aliphatic carbocycles. The van der Waals surface area contributed by atoms with E-state index < -0.39 is 11.7 Å². The lowest BCUT2D eigenvalue weighted by Crippen LogP contribution is -2.29. The van der Waals surface area contributed by atoms with Crippen molar-refractivity contribution in [1.29, 1.82) is 0 Å². The second-order valence-electron chi connectivity index (χ2n) is 4.48. The third-order valence-corrected chi connectivity index (χ3v) is 4.39. The molecule has 5 heteroatoms. The van der Waals surface area contributed by atoms with Gasteiger partial charge in [-0.1, -0.05) is 34.1 Å². The molecule has 0 aromatic heterocycles. The third-order valence-electron chi connectivity index (χ3n) is 3.20. The standard InChI is InChI=1S/C15H9Br2NO2/c16-10-6-4-9(5-7-10)8-18-12-3-1-2-11(17)13(12)14(19)15(18)20/h1-7H,8H2. The number of rotatable bonds is 2. The summed E-state index contributed by atoms with van der Waals surface area (Å²) in [5.41, 5.74) is 2.09. The first-order chi connectivity index (χ1) is 9.58.